The van der Waals surface area contributed by atoms with Crippen molar-refractivity contribution in [2.75, 3.05) is 6.61 Å². The van der Waals surface area contributed by atoms with E-state index in [0.717, 1.165) is 24.7 Å². The number of aryl methyl sites for hydroxylation is 1. The van der Waals surface area contributed by atoms with E-state index >= 15 is 0 Å². The van der Waals surface area contributed by atoms with Crippen LogP contribution in [0.4, 0.5) is 0 Å². The van der Waals surface area contributed by atoms with Gasteiger partial charge in [0.2, 0.25) is 0 Å². The SMILES string of the molecule is Cc1cc(COCC(C)C)oc1CNC(C)(C)C. The van der Waals surface area contributed by atoms with Gasteiger partial charge in [-0.15, -0.1) is 0 Å². The van der Waals surface area contributed by atoms with Crippen LogP contribution >= 0.6 is 0 Å². The lowest BCUT2D eigenvalue weighted by Crippen LogP contribution is -2.35. The zero-order valence-corrected chi connectivity index (χ0v) is 12.6. The van der Waals surface area contributed by atoms with Crippen LogP contribution in [0.1, 0.15) is 51.7 Å². The molecule has 1 N–H and O–H groups in total. The Labute approximate surface area is 111 Å². The molecule has 0 radical (unpaired) electrons. The molecule has 0 aliphatic rings. The van der Waals surface area contributed by atoms with Gasteiger partial charge in [-0.1, -0.05) is 13.8 Å². The molecule has 0 aliphatic carbocycles. The van der Waals surface area contributed by atoms with E-state index in [0.29, 0.717) is 12.5 Å². The third-order valence-electron chi connectivity index (χ3n) is 2.55. The van der Waals surface area contributed by atoms with Gasteiger partial charge in [0.05, 0.1) is 6.54 Å². The Hall–Kier alpha value is -0.800. The highest BCUT2D eigenvalue weighted by atomic mass is 16.5. The van der Waals surface area contributed by atoms with Gasteiger partial charge >= 0.3 is 0 Å². The fourth-order valence-corrected chi connectivity index (χ4v) is 1.58. The van der Waals surface area contributed by atoms with Crippen molar-refractivity contribution in [3.05, 3.63) is 23.2 Å². The maximum Gasteiger partial charge on any atom is 0.130 e. The minimum atomic E-state index is 0.105. The number of hydrogen-bond donors (Lipinski definition) is 1. The molecule has 1 rings (SSSR count). The predicted octanol–water partition coefficient (Wildman–Crippen LogP) is 3.65. The first-order chi connectivity index (χ1) is 8.28. The normalized spacial score (nSPS) is 12.4. The van der Waals surface area contributed by atoms with Gasteiger partial charge in [0.15, 0.2) is 0 Å². The molecule has 0 saturated heterocycles. The Morgan fingerprint density at radius 1 is 1.33 bits per heavy atom. The molecule has 0 atom stereocenters. The molecule has 0 fully saturated rings. The first kappa shape index (κ1) is 15.3. The summed E-state index contributed by atoms with van der Waals surface area (Å²) in [5.74, 6) is 2.48. The van der Waals surface area contributed by atoms with Gasteiger partial charge in [-0.2, -0.15) is 0 Å². The zero-order valence-electron chi connectivity index (χ0n) is 12.6. The summed E-state index contributed by atoms with van der Waals surface area (Å²) in [6.45, 7) is 14.9. The van der Waals surface area contributed by atoms with E-state index in [1.54, 1.807) is 0 Å². The van der Waals surface area contributed by atoms with Crippen LogP contribution in [0, 0.1) is 12.8 Å². The van der Waals surface area contributed by atoms with Gasteiger partial charge in [0.25, 0.3) is 0 Å². The van der Waals surface area contributed by atoms with Crippen LogP contribution in [0.25, 0.3) is 0 Å². The summed E-state index contributed by atoms with van der Waals surface area (Å²) in [7, 11) is 0. The van der Waals surface area contributed by atoms with Crippen LogP contribution < -0.4 is 5.32 Å². The Balaban J connectivity index is 2.48. The van der Waals surface area contributed by atoms with E-state index in [1.807, 2.05) is 0 Å². The van der Waals surface area contributed by atoms with Gasteiger partial charge < -0.3 is 14.5 Å². The van der Waals surface area contributed by atoms with Gasteiger partial charge in [-0.05, 0) is 45.2 Å². The Morgan fingerprint density at radius 3 is 2.56 bits per heavy atom. The lowest BCUT2D eigenvalue weighted by Gasteiger charge is -2.19. The van der Waals surface area contributed by atoms with E-state index < -0.39 is 0 Å². The lowest BCUT2D eigenvalue weighted by molar-refractivity contribution is 0.0836. The Morgan fingerprint density at radius 2 is 2.00 bits per heavy atom. The largest absolute Gasteiger partial charge is 0.462 e. The summed E-state index contributed by atoms with van der Waals surface area (Å²) < 4.78 is 11.4. The smallest absolute Gasteiger partial charge is 0.130 e. The number of rotatable bonds is 6. The summed E-state index contributed by atoms with van der Waals surface area (Å²) in [6.07, 6.45) is 0. The molecule has 1 aromatic rings. The second-order valence-electron chi connectivity index (χ2n) is 6.33. The first-order valence-corrected chi connectivity index (χ1v) is 6.69. The summed E-state index contributed by atoms with van der Waals surface area (Å²) in [5, 5.41) is 3.43. The van der Waals surface area contributed by atoms with Crippen molar-refractivity contribution in [2.24, 2.45) is 5.92 Å². The molecule has 104 valence electrons. The second kappa shape index (κ2) is 6.39. The second-order valence-corrected chi connectivity index (χ2v) is 6.33. The summed E-state index contributed by atoms with van der Waals surface area (Å²) in [4.78, 5) is 0. The third-order valence-corrected chi connectivity index (χ3v) is 2.55. The van der Waals surface area contributed by atoms with Gasteiger partial charge in [-0.3, -0.25) is 0 Å². The molecular weight excluding hydrogens is 226 g/mol. The molecule has 3 nitrogen and oxygen atoms in total. The highest BCUT2D eigenvalue weighted by molar-refractivity contribution is 5.19. The van der Waals surface area contributed by atoms with Crippen molar-refractivity contribution < 1.29 is 9.15 Å². The van der Waals surface area contributed by atoms with Crippen molar-refractivity contribution in [1.82, 2.24) is 5.32 Å². The summed E-state index contributed by atoms with van der Waals surface area (Å²) in [5.41, 5.74) is 1.29. The molecule has 1 aromatic heterocycles. The highest BCUT2D eigenvalue weighted by Gasteiger charge is 2.13. The minimum absolute atomic E-state index is 0.105. The summed E-state index contributed by atoms with van der Waals surface area (Å²) >= 11 is 0. The molecular formula is C15H27NO2. The van der Waals surface area contributed by atoms with Crippen molar-refractivity contribution in [3.8, 4) is 0 Å². The third kappa shape index (κ3) is 5.69. The summed E-state index contributed by atoms with van der Waals surface area (Å²) in [6, 6.07) is 2.07. The van der Waals surface area contributed by atoms with Crippen LogP contribution in [0.5, 0.6) is 0 Å². The molecule has 1 heterocycles. The fraction of sp³-hybridized carbons (Fsp3) is 0.733. The maximum atomic E-state index is 5.80. The van der Waals surface area contributed by atoms with Crippen molar-refractivity contribution >= 4 is 0 Å². The van der Waals surface area contributed by atoms with Crippen LogP contribution in [0.15, 0.2) is 10.5 Å². The van der Waals surface area contributed by atoms with Crippen LogP contribution in [0.2, 0.25) is 0 Å². The average Bonchev–Trinajstić information content (AvgIpc) is 2.54. The molecule has 18 heavy (non-hydrogen) atoms. The van der Waals surface area contributed by atoms with Crippen molar-refractivity contribution in [2.45, 2.75) is 60.2 Å². The number of ether oxygens (including phenoxy) is 1. The fourth-order valence-electron chi connectivity index (χ4n) is 1.58. The van der Waals surface area contributed by atoms with Crippen molar-refractivity contribution in [3.63, 3.8) is 0 Å². The van der Waals surface area contributed by atoms with Gasteiger partial charge in [-0.25, -0.2) is 0 Å². The van der Waals surface area contributed by atoms with E-state index in [-0.39, 0.29) is 5.54 Å². The highest BCUT2D eigenvalue weighted by Crippen LogP contribution is 2.16. The maximum absolute atomic E-state index is 5.80. The zero-order chi connectivity index (χ0) is 13.8. The van der Waals surface area contributed by atoms with E-state index in [1.165, 1.54) is 5.56 Å². The average molecular weight is 253 g/mol. The van der Waals surface area contributed by atoms with Gasteiger partial charge in [0.1, 0.15) is 18.1 Å². The lowest BCUT2D eigenvalue weighted by atomic mass is 10.1. The molecule has 0 unspecified atom stereocenters. The van der Waals surface area contributed by atoms with Crippen LogP contribution in [-0.2, 0) is 17.9 Å². The number of furan rings is 1. The molecule has 0 saturated carbocycles. The first-order valence-electron chi connectivity index (χ1n) is 6.69. The number of nitrogens with one attached hydrogen (secondary N) is 1. The topological polar surface area (TPSA) is 34.4 Å². The monoisotopic (exact) mass is 253 g/mol. The van der Waals surface area contributed by atoms with E-state index in [9.17, 15) is 0 Å². The number of hydrogen-bond acceptors (Lipinski definition) is 3. The Kier molecular flexibility index (Phi) is 5.42. The van der Waals surface area contributed by atoms with E-state index in [2.05, 4.69) is 52.9 Å². The molecule has 0 spiro atoms. The molecule has 0 aliphatic heterocycles. The van der Waals surface area contributed by atoms with Crippen LogP contribution in [0.3, 0.4) is 0 Å². The van der Waals surface area contributed by atoms with E-state index in [4.69, 9.17) is 9.15 Å². The Bertz CT molecular complexity index is 361. The van der Waals surface area contributed by atoms with Crippen molar-refractivity contribution in [1.29, 1.82) is 0 Å². The quantitative estimate of drug-likeness (QED) is 0.840. The molecule has 0 amide bonds. The molecule has 0 aromatic carbocycles. The van der Waals surface area contributed by atoms with Gasteiger partial charge in [0, 0.05) is 12.1 Å². The standard InChI is InChI=1S/C15H27NO2/c1-11(2)9-17-10-13-7-12(3)14(18-13)8-16-15(4,5)6/h7,11,16H,8-10H2,1-6H3. The molecule has 3 heteroatoms. The molecule has 0 bridgehead atoms. The minimum Gasteiger partial charge on any atom is -0.462 e. The van der Waals surface area contributed by atoms with Crippen LogP contribution in [-0.4, -0.2) is 12.1 Å². The predicted molar refractivity (Wildman–Crippen MR) is 74.5 cm³/mol.